The fourth-order valence-electron chi connectivity index (χ4n) is 0.711. The lowest BCUT2D eigenvalue weighted by Crippen LogP contribution is -1.92. The Morgan fingerprint density at radius 3 is 2.70 bits per heavy atom. The third kappa shape index (κ3) is 1.25. The summed E-state index contributed by atoms with van der Waals surface area (Å²) >= 11 is 0. The number of hydrogen-bond acceptors (Lipinski definition) is 2. The second kappa shape index (κ2) is 2.66. The molecule has 1 aromatic rings. The van der Waals surface area contributed by atoms with E-state index in [0.717, 1.165) is 5.56 Å². The van der Waals surface area contributed by atoms with Crippen LogP contribution in [0.1, 0.15) is 5.56 Å². The lowest BCUT2D eigenvalue weighted by Gasteiger charge is -1.99. The fourth-order valence-corrected chi connectivity index (χ4v) is 0.711. The minimum atomic E-state index is -0.442. The van der Waals surface area contributed by atoms with Crippen molar-refractivity contribution in [3.05, 3.63) is 29.6 Å². The molecule has 1 aromatic carbocycles. The van der Waals surface area contributed by atoms with Crippen LogP contribution < -0.4 is 5.48 Å². The summed E-state index contributed by atoms with van der Waals surface area (Å²) in [6.45, 7) is 1.78. The highest BCUT2D eigenvalue weighted by molar-refractivity contribution is 5.43. The highest BCUT2D eigenvalue weighted by Crippen LogP contribution is 2.13. The maximum Gasteiger partial charge on any atom is 0.148 e. The molecule has 0 aliphatic rings. The van der Waals surface area contributed by atoms with Gasteiger partial charge in [0.1, 0.15) is 5.82 Å². The summed E-state index contributed by atoms with van der Waals surface area (Å²) in [5.74, 6) is -0.442. The van der Waals surface area contributed by atoms with Crippen LogP contribution in [-0.4, -0.2) is 5.21 Å². The molecule has 0 fully saturated rings. The van der Waals surface area contributed by atoms with Gasteiger partial charge in [-0.3, -0.25) is 10.7 Å². The first-order valence-corrected chi connectivity index (χ1v) is 2.90. The molecule has 3 heteroatoms. The zero-order valence-electron chi connectivity index (χ0n) is 5.56. The van der Waals surface area contributed by atoms with Crippen molar-refractivity contribution >= 4 is 5.69 Å². The molecule has 0 radical (unpaired) electrons. The number of halogens is 1. The molecule has 0 saturated carbocycles. The number of hydrogen-bond donors (Lipinski definition) is 2. The van der Waals surface area contributed by atoms with Gasteiger partial charge in [-0.2, -0.15) is 0 Å². The molecule has 0 saturated heterocycles. The lowest BCUT2D eigenvalue weighted by atomic mass is 10.2. The van der Waals surface area contributed by atoms with Crippen molar-refractivity contribution in [3.63, 3.8) is 0 Å². The molecule has 0 aliphatic carbocycles. The van der Waals surface area contributed by atoms with E-state index in [4.69, 9.17) is 5.21 Å². The molecular weight excluding hydrogens is 133 g/mol. The van der Waals surface area contributed by atoms with E-state index in [1.54, 1.807) is 18.5 Å². The van der Waals surface area contributed by atoms with Crippen LogP contribution in [0.2, 0.25) is 0 Å². The summed E-state index contributed by atoms with van der Waals surface area (Å²) in [4.78, 5) is 0. The topological polar surface area (TPSA) is 32.3 Å². The van der Waals surface area contributed by atoms with Crippen LogP contribution in [-0.2, 0) is 0 Å². The predicted molar refractivity (Wildman–Crippen MR) is 36.5 cm³/mol. The van der Waals surface area contributed by atoms with Crippen LogP contribution in [0.3, 0.4) is 0 Å². The van der Waals surface area contributed by atoms with Gasteiger partial charge < -0.3 is 0 Å². The maximum atomic E-state index is 12.6. The van der Waals surface area contributed by atoms with E-state index in [-0.39, 0.29) is 5.69 Å². The summed E-state index contributed by atoms with van der Waals surface area (Å²) in [6, 6.07) is 4.53. The Hall–Kier alpha value is -1.09. The summed E-state index contributed by atoms with van der Waals surface area (Å²) < 4.78 is 12.6. The van der Waals surface area contributed by atoms with Gasteiger partial charge in [0, 0.05) is 0 Å². The molecule has 0 atom stereocenters. The van der Waals surface area contributed by atoms with Crippen molar-refractivity contribution in [3.8, 4) is 0 Å². The first-order valence-electron chi connectivity index (χ1n) is 2.90. The Kier molecular flexibility index (Phi) is 1.87. The lowest BCUT2D eigenvalue weighted by molar-refractivity contribution is 0.384. The largest absolute Gasteiger partial charge is 0.291 e. The van der Waals surface area contributed by atoms with E-state index in [1.165, 1.54) is 12.1 Å². The number of nitrogens with one attached hydrogen (secondary N) is 1. The van der Waals surface area contributed by atoms with Gasteiger partial charge in [-0.05, 0) is 24.6 Å². The SMILES string of the molecule is Cc1ccc(NO)c(F)c1. The molecule has 2 N–H and O–H groups in total. The maximum absolute atomic E-state index is 12.6. The summed E-state index contributed by atoms with van der Waals surface area (Å²) in [5, 5.41) is 8.32. The number of benzene rings is 1. The number of aryl methyl sites for hydroxylation is 1. The standard InChI is InChI=1S/C7H8FNO/c1-5-2-3-7(9-10)6(8)4-5/h2-4,9-10H,1H3. The van der Waals surface area contributed by atoms with Crippen LogP contribution >= 0.6 is 0 Å². The first kappa shape index (κ1) is 7.02. The Balaban J connectivity index is 3.07. The summed E-state index contributed by atoms with van der Waals surface area (Å²) in [5.41, 5.74) is 2.68. The Labute approximate surface area is 58.3 Å². The number of anilines is 1. The zero-order valence-corrected chi connectivity index (χ0v) is 5.56. The van der Waals surface area contributed by atoms with Gasteiger partial charge in [-0.25, -0.2) is 4.39 Å². The van der Waals surface area contributed by atoms with E-state index < -0.39 is 5.82 Å². The molecule has 54 valence electrons. The second-order valence-corrected chi connectivity index (χ2v) is 2.10. The second-order valence-electron chi connectivity index (χ2n) is 2.10. The van der Waals surface area contributed by atoms with Crippen molar-refractivity contribution in [1.29, 1.82) is 0 Å². The van der Waals surface area contributed by atoms with Gasteiger partial charge in [-0.15, -0.1) is 0 Å². The number of rotatable bonds is 1. The third-order valence-corrected chi connectivity index (χ3v) is 1.25. The van der Waals surface area contributed by atoms with Gasteiger partial charge in [0.15, 0.2) is 0 Å². The zero-order chi connectivity index (χ0) is 7.56. The van der Waals surface area contributed by atoms with Crippen LogP contribution in [0.15, 0.2) is 18.2 Å². The van der Waals surface area contributed by atoms with Crippen molar-refractivity contribution in [2.75, 3.05) is 5.48 Å². The average Bonchev–Trinajstić information content (AvgIpc) is 1.88. The summed E-state index contributed by atoms with van der Waals surface area (Å²) in [6.07, 6.45) is 0. The highest BCUT2D eigenvalue weighted by atomic mass is 19.1. The van der Waals surface area contributed by atoms with E-state index in [9.17, 15) is 4.39 Å². The molecule has 10 heavy (non-hydrogen) atoms. The minimum Gasteiger partial charge on any atom is -0.291 e. The van der Waals surface area contributed by atoms with Crippen molar-refractivity contribution in [2.24, 2.45) is 0 Å². The van der Waals surface area contributed by atoms with Crippen molar-refractivity contribution in [2.45, 2.75) is 6.92 Å². The Bertz CT molecular complexity index is 237. The quantitative estimate of drug-likeness (QED) is 0.586. The molecule has 0 bridgehead atoms. The van der Waals surface area contributed by atoms with Crippen molar-refractivity contribution in [1.82, 2.24) is 0 Å². The van der Waals surface area contributed by atoms with Crippen LogP contribution in [0.25, 0.3) is 0 Å². The molecule has 0 spiro atoms. The fraction of sp³-hybridized carbons (Fsp3) is 0.143. The molecule has 0 unspecified atom stereocenters. The van der Waals surface area contributed by atoms with E-state index in [0.29, 0.717) is 0 Å². The Morgan fingerprint density at radius 2 is 2.20 bits per heavy atom. The highest BCUT2D eigenvalue weighted by Gasteiger charge is 1.97. The van der Waals surface area contributed by atoms with Gasteiger partial charge in [0.2, 0.25) is 0 Å². The van der Waals surface area contributed by atoms with Gasteiger partial charge >= 0.3 is 0 Å². The first-order chi connectivity index (χ1) is 4.74. The smallest absolute Gasteiger partial charge is 0.148 e. The normalized spacial score (nSPS) is 9.50. The summed E-state index contributed by atoms with van der Waals surface area (Å²) in [7, 11) is 0. The monoisotopic (exact) mass is 141 g/mol. The van der Waals surface area contributed by atoms with Gasteiger partial charge in [-0.1, -0.05) is 6.07 Å². The van der Waals surface area contributed by atoms with Crippen LogP contribution in [0, 0.1) is 12.7 Å². The molecule has 2 nitrogen and oxygen atoms in total. The van der Waals surface area contributed by atoms with E-state index in [1.807, 2.05) is 0 Å². The van der Waals surface area contributed by atoms with E-state index in [2.05, 4.69) is 0 Å². The van der Waals surface area contributed by atoms with Gasteiger partial charge in [0.05, 0.1) is 5.69 Å². The van der Waals surface area contributed by atoms with Crippen LogP contribution in [0.5, 0.6) is 0 Å². The molecule has 0 aromatic heterocycles. The minimum absolute atomic E-state index is 0.102. The molecule has 1 rings (SSSR count). The predicted octanol–water partition coefficient (Wildman–Crippen LogP) is 1.94. The third-order valence-electron chi connectivity index (χ3n) is 1.25. The van der Waals surface area contributed by atoms with Crippen LogP contribution in [0.4, 0.5) is 10.1 Å². The average molecular weight is 141 g/mol. The molecule has 0 amide bonds. The van der Waals surface area contributed by atoms with Gasteiger partial charge in [0.25, 0.3) is 0 Å². The molecular formula is C7H8FNO. The van der Waals surface area contributed by atoms with E-state index >= 15 is 0 Å². The molecule has 0 heterocycles. The molecule has 0 aliphatic heterocycles. The van der Waals surface area contributed by atoms with Crippen molar-refractivity contribution < 1.29 is 9.60 Å². The Morgan fingerprint density at radius 1 is 1.50 bits per heavy atom.